The van der Waals surface area contributed by atoms with Crippen molar-refractivity contribution in [2.45, 2.75) is 70.1 Å². The Labute approximate surface area is 216 Å². The number of aromatic amines is 1. The molecule has 1 aromatic heterocycles. The second-order valence-corrected chi connectivity index (χ2v) is 11.0. The molecule has 1 saturated heterocycles. The van der Waals surface area contributed by atoms with Crippen LogP contribution in [0.25, 0.3) is 10.9 Å². The number of rotatable bonds is 6. The highest BCUT2D eigenvalue weighted by atomic mass is 16.4. The van der Waals surface area contributed by atoms with Gasteiger partial charge >= 0.3 is 0 Å². The fourth-order valence-corrected chi connectivity index (χ4v) is 5.77. The number of nitrogens with zero attached hydrogens (tertiary/aromatic N) is 2. The minimum atomic E-state index is -1.20. The van der Waals surface area contributed by atoms with Crippen molar-refractivity contribution >= 4 is 28.8 Å². The number of carbonyl (C=O) groups is 3. The summed E-state index contributed by atoms with van der Waals surface area (Å²) in [5.74, 6) is -0.247. The van der Waals surface area contributed by atoms with Crippen LogP contribution in [-0.4, -0.2) is 56.9 Å². The molecule has 5 rings (SSSR count). The van der Waals surface area contributed by atoms with Crippen molar-refractivity contribution in [2.75, 3.05) is 6.54 Å². The highest BCUT2D eigenvalue weighted by molar-refractivity contribution is 5.99. The van der Waals surface area contributed by atoms with Crippen LogP contribution in [0, 0.1) is 0 Å². The lowest BCUT2D eigenvalue weighted by atomic mass is 9.85. The SMILES string of the molecule is CC(C)(C)N(CCCCC1NC(=O)[C@@H]2Cc3c([nH]c4ccccc34)C(c3ccccc3)N2C1=O)C(=O)[O-]. The first-order chi connectivity index (χ1) is 17.7. The maximum atomic E-state index is 13.9. The summed E-state index contributed by atoms with van der Waals surface area (Å²) in [6.07, 6.45) is 0.871. The smallest absolute Gasteiger partial charge is 0.246 e. The first kappa shape index (κ1) is 24.9. The van der Waals surface area contributed by atoms with Crippen molar-refractivity contribution in [3.8, 4) is 0 Å². The summed E-state index contributed by atoms with van der Waals surface area (Å²) < 4.78 is 0. The Morgan fingerprint density at radius 1 is 1.05 bits per heavy atom. The molecule has 0 aliphatic carbocycles. The number of amides is 3. The van der Waals surface area contributed by atoms with Gasteiger partial charge in [-0.05, 0) is 57.2 Å². The Morgan fingerprint density at radius 2 is 1.76 bits per heavy atom. The first-order valence-electron chi connectivity index (χ1n) is 12.9. The minimum Gasteiger partial charge on any atom is -0.530 e. The predicted molar refractivity (Wildman–Crippen MR) is 139 cm³/mol. The minimum absolute atomic E-state index is 0.102. The zero-order valence-electron chi connectivity index (χ0n) is 21.5. The summed E-state index contributed by atoms with van der Waals surface area (Å²) in [5.41, 5.74) is 3.43. The molecular weight excluding hydrogens is 468 g/mol. The fraction of sp³-hybridized carbons (Fsp3) is 0.414. The van der Waals surface area contributed by atoms with E-state index in [9.17, 15) is 19.5 Å². The molecule has 0 spiro atoms. The van der Waals surface area contributed by atoms with E-state index in [-0.39, 0.29) is 11.8 Å². The van der Waals surface area contributed by atoms with Crippen LogP contribution in [0.1, 0.15) is 62.9 Å². The van der Waals surface area contributed by atoms with Gasteiger partial charge in [-0.2, -0.15) is 0 Å². The molecule has 0 bridgehead atoms. The zero-order valence-corrected chi connectivity index (χ0v) is 21.5. The number of para-hydroxylation sites is 1. The fourth-order valence-electron chi connectivity index (χ4n) is 5.77. The molecule has 37 heavy (non-hydrogen) atoms. The molecule has 194 valence electrons. The van der Waals surface area contributed by atoms with Gasteiger partial charge in [0.2, 0.25) is 11.8 Å². The molecule has 0 saturated carbocycles. The Bertz CT molecular complexity index is 1330. The number of nitrogens with one attached hydrogen (secondary N) is 2. The van der Waals surface area contributed by atoms with E-state index < -0.39 is 29.8 Å². The molecular formula is C29H33N4O4-. The number of fused-ring (bicyclic) bond motifs is 4. The lowest BCUT2D eigenvalue weighted by molar-refractivity contribution is -0.270. The van der Waals surface area contributed by atoms with Gasteiger partial charge in [0.1, 0.15) is 18.2 Å². The van der Waals surface area contributed by atoms with Gasteiger partial charge in [-0.25, -0.2) is 0 Å². The molecule has 8 heteroatoms. The molecule has 8 nitrogen and oxygen atoms in total. The summed E-state index contributed by atoms with van der Waals surface area (Å²) in [5, 5.41) is 15.6. The number of piperazine rings is 1. The van der Waals surface area contributed by atoms with Crippen LogP contribution in [0.4, 0.5) is 4.79 Å². The van der Waals surface area contributed by atoms with E-state index in [2.05, 4.69) is 16.4 Å². The van der Waals surface area contributed by atoms with Crippen molar-refractivity contribution in [3.63, 3.8) is 0 Å². The van der Waals surface area contributed by atoms with Gasteiger partial charge in [-0.1, -0.05) is 48.5 Å². The van der Waals surface area contributed by atoms with E-state index in [0.29, 0.717) is 32.2 Å². The lowest BCUT2D eigenvalue weighted by Gasteiger charge is -2.46. The van der Waals surface area contributed by atoms with Gasteiger partial charge < -0.3 is 30.0 Å². The zero-order chi connectivity index (χ0) is 26.3. The average Bonchev–Trinajstić information content (AvgIpc) is 3.23. The number of aromatic nitrogens is 1. The molecule has 3 amide bonds. The van der Waals surface area contributed by atoms with Crippen LogP contribution in [-0.2, 0) is 16.0 Å². The third kappa shape index (κ3) is 4.56. The van der Waals surface area contributed by atoms with Crippen LogP contribution >= 0.6 is 0 Å². The molecule has 3 heterocycles. The van der Waals surface area contributed by atoms with E-state index in [4.69, 9.17) is 0 Å². The van der Waals surface area contributed by atoms with Crippen molar-refractivity contribution in [2.24, 2.45) is 0 Å². The van der Waals surface area contributed by atoms with Crippen LogP contribution < -0.4 is 10.4 Å². The van der Waals surface area contributed by atoms with Crippen LogP contribution in [0.5, 0.6) is 0 Å². The van der Waals surface area contributed by atoms with Crippen LogP contribution in [0.3, 0.4) is 0 Å². The number of H-pyrrole nitrogens is 1. The third-order valence-electron chi connectivity index (χ3n) is 7.57. The largest absolute Gasteiger partial charge is 0.530 e. The average molecular weight is 502 g/mol. The van der Waals surface area contributed by atoms with E-state index in [0.717, 1.165) is 27.7 Å². The lowest BCUT2D eigenvalue weighted by Crippen LogP contribution is -2.65. The van der Waals surface area contributed by atoms with Gasteiger partial charge in [0.25, 0.3) is 0 Å². The number of carboxylic acid groups (broad SMARTS) is 1. The summed E-state index contributed by atoms with van der Waals surface area (Å²) in [6.45, 7) is 5.79. The van der Waals surface area contributed by atoms with E-state index >= 15 is 0 Å². The normalized spacial score (nSPS) is 21.4. The van der Waals surface area contributed by atoms with Gasteiger partial charge in [-0.15, -0.1) is 0 Å². The maximum Gasteiger partial charge on any atom is 0.246 e. The quantitative estimate of drug-likeness (QED) is 0.506. The molecule has 1 fully saturated rings. The van der Waals surface area contributed by atoms with Gasteiger partial charge in [-0.3, -0.25) is 9.59 Å². The Kier molecular flexibility index (Phi) is 6.43. The molecule has 2 aromatic carbocycles. The van der Waals surface area contributed by atoms with E-state index in [1.165, 1.54) is 4.90 Å². The molecule has 2 aliphatic rings. The summed E-state index contributed by atoms with van der Waals surface area (Å²) >= 11 is 0. The highest BCUT2D eigenvalue weighted by Gasteiger charge is 2.48. The van der Waals surface area contributed by atoms with Gasteiger partial charge in [0.15, 0.2) is 0 Å². The van der Waals surface area contributed by atoms with Crippen molar-refractivity contribution < 1.29 is 19.5 Å². The number of unbranched alkanes of at least 4 members (excludes halogenated alkanes) is 1. The Morgan fingerprint density at radius 3 is 2.46 bits per heavy atom. The van der Waals surface area contributed by atoms with E-state index in [1.807, 2.05) is 69.3 Å². The van der Waals surface area contributed by atoms with Gasteiger partial charge in [0, 0.05) is 35.1 Å². The standard InChI is InChI=1S/C29H34N4O4/c1-29(2,3)32(28(36)37)16-10-9-15-22-27(35)33-23(26(34)31-22)17-20-19-13-7-8-14-21(19)30-24(20)25(33)18-11-5-4-6-12-18/h4-8,11-14,22-23,25,30H,9-10,15-17H2,1-3H3,(H,31,34)(H,36,37)/p-1/t22?,23-,25?/m0/s1. The van der Waals surface area contributed by atoms with Crippen LogP contribution in [0.2, 0.25) is 0 Å². The van der Waals surface area contributed by atoms with Crippen LogP contribution in [0.15, 0.2) is 54.6 Å². The van der Waals surface area contributed by atoms with Gasteiger partial charge in [0.05, 0.1) is 6.04 Å². The molecule has 0 radical (unpaired) electrons. The number of carbonyl (C=O) groups excluding carboxylic acids is 3. The number of benzene rings is 2. The maximum absolute atomic E-state index is 13.9. The Hall–Kier alpha value is -3.81. The highest BCUT2D eigenvalue weighted by Crippen LogP contribution is 2.42. The molecule has 2 unspecified atom stereocenters. The predicted octanol–water partition coefficient (Wildman–Crippen LogP) is 3.12. The van der Waals surface area contributed by atoms with Crippen molar-refractivity contribution in [3.05, 3.63) is 71.4 Å². The first-order valence-corrected chi connectivity index (χ1v) is 12.9. The third-order valence-corrected chi connectivity index (χ3v) is 7.57. The summed E-state index contributed by atoms with van der Waals surface area (Å²) in [6, 6.07) is 16.3. The second-order valence-electron chi connectivity index (χ2n) is 11.0. The Balaban J connectivity index is 1.41. The molecule has 2 aliphatic heterocycles. The van der Waals surface area contributed by atoms with Crippen molar-refractivity contribution in [1.29, 1.82) is 0 Å². The summed E-state index contributed by atoms with van der Waals surface area (Å²) in [4.78, 5) is 45.4. The van der Waals surface area contributed by atoms with Crippen molar-refractivity contribution in [1.82, 2.24) is 20.1 Å². The topological polar surface area (TPSA) is 109 Å². The molecule has 3 atom stereocenters. The van der Waals surface area contributed by atoms with E-state index in [1.54, 1.807) is 4.90 Å². The molecule has 2 N–H and O–H groups in total. The summed E-state index contributed by atoms with van der Waals surface area (Å²) in [7, 11) is 0. The number of hydrogen-bond acceptors (Lipinski definition) is 4. The molecule has 3 aromatic rings. The number of hydrogen-bond donors (Lipinski definition) is 2. The second kappa shape index (κ2) is 9.57. The monoisotopic (exact) mass is 501 g/mol.